The van der Waals surface area contributed by atoms with Gasteiger partial charge in [0.2, 0.25) is 0 Å². The van der Waals surface area contributed by atoms with Crippen LogP contribution in [-0.2, 0) is 14.5 Å². The Morgan fingerprint density at radius 3 is 1.85 bits per heavy atom. The molecule has 0 aromatic heterocycles. The summed E-state index contributed by atoms with van der Waals surface area (Å²) in [6, 6.07) is 3.94. The maximum Gasteiger partial charge on any atom is 0.409 e. The fourth-order valence-electron chi connectivity index (χ4n) is 3.03. The molecule has 0 radical (unpaired) electrons. The molecule has 20 heavy (non-hydrogen) atoms. The van der Waals surface area contributed by atoms with Crippen molar-refractivity contribution in [2.24, 2.45) is 0 Å². The van der Waals surface area contributed by atoms with Crippen molar-refractivity contribution in [2.45, 2.75) is 84.4 Å². The van der Waals surface area contributed by atoms with Gasteiger partial charge in [0.05, 0.1) is 10.1 Å². The van der Waals surface area contributed by atoms with Crippen LogP contribution in [0, 0.1) is 0 Å². The first-order chi connectivity index (χ1) is 9.70. The van der Waals surface area contributed by atoms with Crippen LogP contribution in [0.15, 0.2) is 11.0 Å². The molecule has 0 aliphatic carbocycles. The molecule has 0 saturated carbocycles. The van der Waals surface area contributed by atoms with Crippen LogP contribution in [0.5, 0.6) is 0 Å². The highest BCUT2D eigenvalue weighted by Gasteiger charge is 2.42. The standard InChI is InChI=1S/C16H31O3Si/c1-5-8-11-20(12-9-6-2,13-10-7-3)16-15(4)14-17-19-18-16/h14H,5-13H2,1-4H3/q+1. The summed E-state index contributed by atoms with van der Waals surface area (Å²) in [5.74, 6) is 0. The van der Waals surface area contributed by atoms with Crippen LogP contribution in [0.3, 0.4) is 0 Å². The summed E-state index contributed by atoms with van der Waals surface area (Å²) in [5, 5.41) is 5.96. The largest absolute Gasteiger partial charge is 0.409 e. The average molecular weight is 300 g/mol. The van der Waals surface area contributed by atoms with E-state index >= 15 is 0 Å². The summed E-state index contributed by atoms with van der Waals surface area (Å²) >= 11 is 0. The SMILES string of the molecule is CCCC[Si](CCCC)(CCCC)C1=C(C)C=[O+]OO1. The monoisotopic (exact) mass is 299 g/mol. The van der Waals surface area contributed by atoms with E-state index in [-0.39, 0.29) is 0 Å². The van der Waals surface area contributed by atoms with E-state index in [2.05, 4.69) is 27.7 Å². The first-order valence-corrected chi connectivity index (χ1v) is 10.9. The molecule has 0 N–H and O–H groups in total. The van der Waals surface area contributed by atoms with Crippen LogP contribution in [-0.4, -0.2) is 14.4 Å². The third-order valence-electron chi connectivity index (χ3n) is 4.25. The Kier molecular flexibility index (Phi) is 7.96. The molecule has 0 spiro atoms. The van der Waals surface area contributed by atoms with Crippen molar-refractivity contribution in [3.05, 3.63) is 11.0 Å². The van der Waals surface area contributed by atoms with E-state index in [0.29, 0.717) is 0 Å². The van der Waals surface area contributed by atoms with Gasteiger partial charge in [-0.05, 0) is 6.92 Å². The summed E-state index contributed by atoms with van der Waals surface area (Å²) < 4.78 is 4.84. The first-order valence-electron chi connectivity index (χ1n) is 8.24. The van der Waals surface area contributed by atoms with Crippen molar-refractivity contribution in [1.82, 2.24) is 0 Å². The third kappa shape index (κ3) is 4.65. The second-order valence-corrected chi connectivity index (χ2v) is 10.5. The number of rotatable bonds is 10. The Morgan fingerprint density at radius 1 is 0.950 bits per heavy atom. The summed E-state index contributed by atoms with van der Waals surface area (Å²) in [6.45, 7) is 8.90. The fraction of sp³-hybridized carbons (Fsp3) is 0.812. The van der Waals surface area contributed by atoms with Crippen molar-refractivity contribution in [3.63, 3.8) is 0 Å². The molecule has 0 amide bonds. The molecule has 116 valence electrons. The molecule has 1 rings (SSSR count). The lowest BCUT2D eigenvalue weighted by Gasteiger charge is -2.31. The fourth-order valence-corrected chi connectivity index (χ4v) is 8.66. The smallest absolute Gasteiger partial charge is 0.221 e. The molecule has 0 aromatic rings. The summed E-state index contributed by atoms with van der Waals surface area (Å²) in [6.07, 6.45) is 9.33. The Morgan fingerprint density at radius 2 is 1.45 bits per heavy atom. The molecule has 0 bridgehead atoms. The second-order valence-electron chi connectivity index (χ2n) is 5.97. The van der Waals surface area contributed by atoms with Crippen LogP contribution in [0.2, 0.25) is 18.1 Å². The van der Waals surface area contributed by atoms with Gasteiger partial charge in [0.25, 0.3) is 0 Å². The third-order valence-corrected chi connectivity index (χ3v) is 9.62. The van der Waals surface area contributed by atoms with Crippen molar-refractivity contribution in [1.29, 1.82) is 0 Å². The molecule has 0 aromatic carbocycles. The van der Waals surface area contributed by atoms with E-state index in [9.17, 15) is 0 Å². The Balaban J connectivity index is 3.01. The van der Waals surface area contributed by atoms with Crippen LogP contribution < -0.4 is 0 Å². The van der Waals surface area contributed by atoms with Crippen molar-refractivity contribution < 1.29 is 14.5 Å². The van der Waals surface area contributed by atoms with E-state index in [1.165, 1.54) is 56.7 Å². The molecule has 0 fully saturated rings. The van der Waals surface area contributed by atoms with Gasteiger partial charge in [-0.25, -0.2) is 4.89 Å². The molecular formula is C16H31O3Si+. The first kappa shape index (κ1) is 17.3. The highest BCUT2D eigenvalue weighted by Crippen LogP contribution is 2.37. The van der Waals surface area contributed by atoms with E-state index in [1.807, 2.05) is 0 Å². The lowest BCUT2D eigenvalue weighted by molar-refractivity contribution is -0.843. The number of hydrogen-bond acceptors (Lipinski definition) is 2. The number of carbonyl (C=O) groups excluding carboxylic acids is 1. The van der Waals surface area contributed by atoms with Gasteiger partial charge < -0.3 is 0 Å². The molecule has 3 nitrogen and oxygen atoms in total. The predicted octanol–water partition coefficient (Wildman–Crippen LogP) is 5.26. The normalized spacial score (nSPS) is 15.2. The molecule has 1 aliphatic heterocycles. The van der Waals surface area contributed by atoms with Gasteiger partial charge in [-0.15, -0.1) is 0 Å². The van der Waals surface area contributed by atoms with Crippen molar-refractivity contribution in [2.75, 3.05) is 0 Å². The number of aldehydes is 1. The molecule has 1 aliphatic rings. The highest BCUT2D eigenvalue weighted by molar-refractivity contribution is 6.86. The molecule has 0 saturated heterocycles. The zero-order valence-corrected chi connectivity index (χ0v) is 14.7. The minimum absolute atomic E-state index is 1.13. The van der Waals surface area contributed by atoms with Gasteiger partial charge in [-0.2, -0.15) is 0 Å². The van der Waals surface area contributed by atoms with E-state index in [0.717, 1.165) is 11.0 Å². The molecule has 0 unspecified atom stereocenters. The maximum atomic E-state index is 5.53. The van der Waals surface area contributed by atoms with Gasteiger partial charge in [0, 0.05) is 0 Å². The van der Waals surface area contributed by atoms with E-state index in [1.54, 1.807) is 6.29 Å². The maximum absolute atomic E-state index is 5.53. The number of allylic oxidation sites excluding steroid dienone is 1. The Hall–Kier alpha value is -0.773. The Labute approximate surface area is 124 Å². The lowest BCUT2D eigenvalue weighted by Crippen LogP contribution is -2.40. The van der Waals surface area contributed by atoms with Crippen LogP contribution in [0.4, 0.5) is 0 Å². The molecule has 0 atom stereocenters. The van der Waals surface area contributed by atoms with Gasteiger partial charge >= 0.3 is 6.29 Å². The van der Waals surface area contributed by atoms with Gasteiger partial charge in [-0.1, -0.05) is 77.4 Å². The average Bonchev–Trinajstić information content (AvgIpc) is 2.48. The lowest BCUT2D eigenvalue weighted by atomic mass is 10.4. The predicted molar refractivity (Wildman–Crippen MR) is 85.8 cm³/mol. The zero-order valence-electron chi connectivity index (χ0n) is 13.7. The quantitative estimate of drug-likeness (QED) is 0.238. The van der Waals surface area contributed by atoms with E-state index in [4.69, 9.17) is 14.5 Å². The minimum Gasteiger partial charge on any atom is -0.221 e. The topological polar surface area (TPSA) is 29.8 Å². The second kappa shape index (κ2) is 9.22. The highest BCUT2D eigenvalue weighted by atomic mass is 28.3. The molecule has 1 heterocycles. The van der Waals surface area contributed by atoms with Crippen molar-refractivity contribution in [3.8, 4) is 0 Å². The van der Waals surface area contributed by atoms with Crippen LogP contribution >= 0.6 is 0 Å². The summed E-state index contributed by atoms with van der Waals surface area (Å²) in [7, 11) is -1.60. The zero-order chi connectivity index (χ0) is 14.8. The van der Waals surface area contributed by atoms with E-state index < -0.39 is 8.07 Å². The van der Waals surface area contributed by atoms with Crippen LogP contribution in [0.25, 0.3) is 0 Å². The van der Waals surface area contributed by atoms with Gasteiger partial charge in [0.15, 0.2) is 5.38 Å². The van der Waals surface area contributed by atoms with Crippen LogP contribution in [0.1, 0.15) is 66.2 Å². The summed E-state index contributed by atoms with van der Waals surface area (Å²) in [4.78, 5) is 5.53. The molecular weight excluding hydrogens is 268 g/mol. The van der Waals surface area contributed by atoms with Gasteiger partial charge in [-0.3, -0.25) is 0 Å². The van der Waals surface area contributed by atoms with Crippen molar-refractivity contribution >= 4 is 14.4 Å². The summed E-state index contributed by atoms with van der Waals surface area (Å²) in [5.41, 5.74) is 1.13. The number of unbranched alkanes of at least 4 members (excludes halogenated alkanes) is 3. The minimum atomic E-state index is -1.60. The molecule has 4 heteroatoms. The number of hydrogen-bond donors (Lipinski definition) is 0. The Bertz CT molecular complexity index is 315. The van der Waals surface area contributed by atoms with Gasteiger partial charge in [0.1, 0.15) is 13.1 Å².